The number of hydrogen-bond donors (Lipinski definition) is 2. The van der Waals surface area contributed by atoms with Gasteiger partial charge in [-0.15, -0.1) is 6.58 Å². The van der Waals surface area contributed by atoms with Crippen LogP contribution in [0.15, 0.2) is 72.2 Å². The number of aliphatic imine (C=N–C) groups is 1. The zero-order chi connectivity index (χ0) is 24.8. The number of hydrogen-bond acceptors (Lipinski definition) is 4. The summed E-state index contributed by atoms with van der Waals surface area (Å²) in [6.07, 6.45) is 1.16. The first-order chi connectivity index (χ1) is 16.2. The zero-order valence-corrected chi connectivity index (χ0v) is 19.9. The SMILES string of the molecule is C=CC[C@@H](C(N)=O)[C@H](CC(C)C)C(=O)NC1N=C(c2ccccc2)c2ccccc2N(C)C1=O. The van der Waals surface area contributed by atoms with Crippen molar-refractivity contribution in [2.75, 3.05) is 11.9 Å². The molecular weight excluding hydrogens is 428 g/mol. The van der Waals surface area contributed by atoms with Crippen molar-refractivity contribution in [3.05, 3.63) is 78.4 Å². The highest BCUT2D eigenvalue weighted by molar-refractivity contribution is 6.20. The summed E-state index contributed by atoms with van der Waals surface area (Å²) >= 11 is 0. The van der Waals surface area contributed by atoms with Gasteiger partial charge in [0.25, 0.3) is 5.91 Å². The third-order valence-electron chi connectivity index (χ3n) is 6.00. The number of amides is 3. The molecule has 1 unspecified atom stereocenters. The van der Waals surface area contributed by atoms with Crippen LogP contribution in [0.3, 0.4) is 0 Å². The van der Waals surface area contributed by atoms with Crippen molar-refractivity contribution in [2.45, 2.75) is 32.9 Å². The van der Waals surface area contributed by atoms with Gasteiger partial charge >= 0.3 is 0 Å². The van der Waals surface area contributed by atoms with Crippen LogP contribution >= 0.6 is 0 Å². The zero-order valence-electron chi connectivity index (χ0n) is 19.9. The molecule has 7 heteroatoms. The lowest BCUT2D eigenvalue weighted by Crippen LogP contribution is -2.50. The molecule has 0 spiro atoms. The highest BCUT2D eigenvalue weighted by Gasteiger charge is 2.36. The Kier molecular flexibility index (Phi) is 7.99. The number of carbonyl (C=O) groups excluding carboxylic acids is 3. The lowest BCUT2D eigenvalue weighted by molar-refractivity contribution is -0.135. The molecule has 3 amide bonds. The van der Waals surface area contributed by atoms with Crippen LogP contribution in [-0.2, 0) is 14.4 Å². The second-order valence-corrected chi connectivity index (χ2v) is 8.94. The van der Waals surface area contributed by atoms with Crippen molar-refractivity contribution < 1.29 is 14.4 Å². The maximum Gasteiger partial charge on any atom is 0.272 e. The molecule has 0 radical (unpaired) electrons. The van der Waals surface area contributed by atoms with E-state index in [1.807, 2.05) is 68.4 Å². The third-order valence-corrected chi connectivity index (χ3v) is 6.00. The van der Waals surface area contributed by atoms with Crippen molar-refractivity contribution in [2.24, 2.45) is 28.5 Å². The monoisotopic (exact) mass is 460 g/mol. The number of allylic oxidation sites excluding steroid dienone is 1. The minimum Gasteiger partial charge on any atom is -0.369 e. The Morgan fingerprint density at radius 1 is 1.12 bits per heavy atom. The molecule has 0 saturated heterocycles. The standard InChI is InChI=1S/C27H32N4O3/c1-5-11-19(24(28)32)21(16-17(2)3)26(33)30-25-27(34)31(4)22-15-10-9-14-20(22)23(29-25)18-12-7-6-8-13-18/h5-10,12-15,17,19,21,25H,1,11,16H2,2-4H3,(H2,28,32)(H,30,33)/t19-,21+,25?/m1/s1. The van der Waals surface area contributed by atoms with Gasteiger partial charge in [0, 0.05) is 18.2 Å². The summed E-state index contributed by atoms with van der Waals surface area (Å²) in [5.41, 5.74) is 8.56. The number of benzene rings is 2. The van der Waals surface area contributed by atoms with Gasteiger partial charge in [-0.2, -0.15) is 0 Å². The van der Waals surface area contributed by atoms with Crippen LogP contribution < -0.4 is 16.0 Å². The van der Waals surface area contributed by atoms with E-state index >= 15 is 0 Å². The van der Waals surface area contributed by atoms with E-state index in [-0.39, 0.29) is 18.2 Å². The Hall–Kier alpha value is -3.74. The first-order valence-electron chi connectivity index (χ1n) is 11.4. The lowest BCUT2D eigenvalue weighted by atomic mass is 9.82. The molecule has 1 aliphatic heterocycles. The van der Waals surface area contributed by atoms with Crippen molar-refractivity contribution in [3.63, 3.8) is 0 Å². The fraction of sp³-hybridized carbons (Fsp3) is 0.333. The number of benzodiazepines with no additional fused rings is 1. The van der Waals surface area contributed by atoms with Crippen LogP contribution in [0.25, 0.3) is 0 Å². The van der Waals surface area contributed by atoms with E-state index < -0.39 is 29.8 Å². The normalized spacial score (nSPS) is 17.3. The molecule has 1 aliphatic rings. The first kappa shape index (κ1) is 24.9. The van der Waals surface area contributed by atoms with Crippen molar-refractivity contribution in [1.29, 1.82) is 0 Å². The molecule has 0 aromatic heterocycles. The predicted octanol–water partition coefficient (Wildman–Crippen LogP) is 3.28. The summed E-state index contributed by atoms with van der Waals surface area (Å²) in [7, 11) is 1.67. The van der Waals surface area contributed by atoms with Gasteiger partial charge in [-0.3, -0.25) is 14.4 Å². The predicted molar refractivity (Wildman–Crippen MR) is 134 cm³/mol. The van der Waals surface area contributed by atoms with Crippen LogP contribution in [0.4, 0.5) is 5.69 Å². The molecule has 3 rings (SSSR count). The fourth-order valence-electron chi connectivity index (χ4n) is 4.30. The highest BCUT2D eigenvalue weighted by Crippen LogP contribution is 2.28. The number of para-hydroxylation sites is 1. The van der Waals surface area contributed by atoms with Crippen molar-refractivity contribution in [1.82, 2.24) is 5.32 Å². The molecule has 0 fully saturated rings. The van der Waals surface area contributed by atoms with Gasteiger partial charge in [0.2, 0.25) is 18.0 Å². The van der Waals surface area contributed by atoms with E-state index in [1.165, 1.54) is 4.90 Å². The summed E-state index contributed by atoms with van der Waals surface area (Å²) in [5.74, 6) is -2.63. The molecule has 178 valence electrons. The summed E-state index contributed by atoms with van der Waals surface area (Å²) in [4.78, 5) is 45.2. The number of likely N-dealkylation sites (N-methyl/N-ethyl adjacent to an activating group) is 1. The minimum atomic E-state index is -1.15. The van der Waals surface area contributed by atoms with Gasteiger partial charge in [-0.25, -0.2) is 4.99 Å². The van der Waals surface area contributed by atoms with Gasteiger partial charge in [-0.05, 0) is 24.8 Å². The van der Waals surface area contributed by atoms with Crippen molar-refractivity contribution >= 4 is 29.1 Å². The quantitative estimate of drug-likeness (QED) is 0.561. The smallest absolute Gasteiger partial charge is 0.272 e. The van der Waals surface area contributed by atoms with E-state index in [4.69, 9.17) is 10.7 Å². The number of nitrogens with one attached hydrogen (secondary N) is 1. The summed E-state index contributed by atoms with van der Waals surface area (Å²) in [6.45, 7) is 7.64. The first-order valence-corrected chi connectivity index (χ1v) is 11.4. The Morgan fingerprint density at radius 2 is 1.76 bits per heavy atom. The van der Waals surface area contributed by atoms with Crippen LogP contribution in [-0.4, -0.2) is 36.6 Å². The average Bonchev–Trinajstić information content (AvgIpc) is 2.92. The Morgan fingerprint density at radius 3 is 2.38 bits per heavy atom. The molecule has 7 nitrogen and oxygen atoms in total. The number of nitrogens with zero attached hydrogens (tertiary/aromatic N) is 2. The Balaban J connectivity index is 2.03. The number of rotatable bonds is 9. The molecule has 0 saturated carbocycles. The average molecular weight is 461 g/mol. The van der Waals surface area contributed by atoms with Crippen LogP contribution in [0.1, 0.15) is 37.8 Å². The van der Waals surface area contributed by atoms with Gasteiger partial charge in [0.15, 0.2) is 0 Å². The number of primary amides is 1. The van der Waals surface area contributed by atoms with Crippen LogP contribution in [0.2, 0.25) is 0 Å². The molecular formula is C27H32N4O3. The number of anilines is 1. The third kappa shape index (κ3) is 5.42. The highest BCUT2D eigenvalue weighted by atomic mass is 16.2. The maximum atomic E-state index is 13.5. The van der Waals surface area contributed by atoms with Gasteiger partial charge in [-0.1, -0.05) is 68.5 Å². The number of fused-ring (bicyclic) bond motifs is 1. The Bertz CT molecular complexity index is 1090. The minimum absolute atomic E-state index is 0.141. The second-order valence-electron chi connectivity index (χ2n) is 8.94. The Labute approximate surface area is 200 Å². The van der Waals surface area contributed by atoms with E-state index in [0.29, 0.717) is 17.8 Å². The second kappa shape index (κ2) is 10.9. The number of carbonyl (C=O) groups is 3. The topological polar surface area (TPSA) is 105 Å². The van der Waals surface area contributed by atoms with Crippen LogP contribution in [0, 0.1) is 17.8 Å². The molecule has 34 heavy (non-hydrogen) atoms. The summed E-state index contributed by atoms with van der Waals surface area (Å²) < 4.78 is 0. The summed E-state index contributed by atoms with van der Waals surface area (Å²) in [5, 5.41) is 2.81. The maximum absolute atomic E-state index is 13.5. The molecule has 2 aromatic carbocycles. The van der Waals surface area contributed by atoms with E-state index in [9.17, 15) is 14.4 Å². The van der Waals surface area contributed by atoms with E-state index in [0.717, 1.165) is 11.1 Å². The molecule has 1 heterocycles. The molecule has 0 bridgehead atoms. The fourth-order valence-corrected chi connectivity index (χ4v) is 4.30. The van der Waals surface area contributed by atoms with Gasteiger partial charge in [0.05, 0.1) is 23.2 Å². The van der Waals surface area contributed by atoms with Crippen LogP contribution in [0.5, 0.6) is 0 Å². The molecule has 3 N–H and O–H groups in total. The molecule has 0 aliphatic carbocycles. The molecule has 2 aromatic rings. The van der Waals surface area contributed by atoms with E-state index in [1.54, 1.807) is 13.1 Å². The van der Waals surface area contributed by atoms with Gasteiger partial charge < -0.3 is 16.0 Å². The lowest BCUT2D eigenvalue weighted by Gasteiger charge is -2.27. The number of nitrogens with two attached hydrogens (primary N) is 1. The largest absolute Gasteiger partial charge is 0.369 e. The molecule has 3 atom stereocenters. The van der Waals surface area contributed by atoms with E-state index in [2.05, 4.69) is 11.9 Å². The summed E-state index contributed by atoms with van der Waals surface area (Å²) in [6, 6.07) is 17.0. The van der Waals surface area contributed by atoms with Gasteiger partial charge in [0.1, 0.15) is 0 Å². The van der Waals surface area contributed by atoms with Crippen molar-refractivity contribution in [3.8, 4) is 0 Å².